The minimum atomic E-state index is -0.984. The normalized spacial score (nSPS) is 10.6. The molecule has 0 atom stereocenters. The molecule has 0 aliphatic carbocycles. The number of fused-ring (bicyclic) bond motifs is 1. The van der Waals surface area contributed by atoms with Gasteiger partial charge in [0.05, 0.1) is 5.56 Å². The van der Waals surface area contributed by atoms with E-state index in [-0.39, 0.29) is 11.5 Å². The first-order valence-corrected chi connectivity index (χ1v) is 7.30. The Balaban J connectivity index is 1.60. The summed E-state index contributed by atoms with van der Waals surface area (Å²) in [6.07, 6.45) is 2.32. The largest absolute Gasteiger partial charge is 0.478 e. The first kappa shape index (κ1) is 14.8. The van der Waals surface area contributed by atoms with Gasteiger partial charge in [0.2, 0.25) is 5.91 Å². The summed E-state index contributed by atoms with van der Waals surface area (Å²) in [6.45, 7) is 0.590. The third kappa shape index (κ3) is 3.40. The molecule has 0 saturated heterocycles. The Hall–Kier alpha value is -3.08. The molecule has 1 amide bonds. The molecule has 23 heavy (non-hydrogen) atoms. The molecule has 3 rings (SSSR count). The highest BCUT2D eigenvalue weighted by Crippen LogP contribution is 2.16. The average Bonchev–Trinajstić information content (AvgIpc) is 2.97. The van der Waals surface area contributed by atoms with E-state index in [0.717, 1.165) is 10.9 Å². The molecule has 0 aliphatic rings. The number of amides is 1. The Kier molecular flexibility index (Phi) is 4.10. The van der Waals surface area contributed by atoms with E-state index in [1.54, 1.807) is 12.1 Å². The summed E-state index contributed by atoms with van der Waals surface area (Å²) in [5.41, 5.74) is 1.89. The molecule has 2 N–H and O–H groups in total. The van der Waals surface area contributed by atoms with Crippen LogP contribution in [0.4, 0.5) is 5.69 Å². The maximum atomic E-state index is 12.0. The molecule has 0 bridgehead atoms. The highest BCUT2D eigenvalue weighted by molar-refractivity contribution is 5.92. The quantitative estimate of drug-likeness (QED) is 0.759. The molecule has 0 fully saturated rings. The van der Waals surface area contributed by atoms with E-state index in [9.17, 15) is 9.59 Å². The number of carboxylic acid groups (broad SMARTS) is 1. The molecule has 3 aromatic rings. The Morgan fingerprint density at radius 1 is 1.00 bits per heavy atom. The second-order valence-corrected chi connectivity index (χ2v) is 5.25. The minimum Gasteiger partial charge on any atom is -0.478 e. The van der Waals surface area contributed by atoms with Crippen LogP contribution >= 0.6 is 0 Å². The summed E-state index contributed by atoms with van der Waals surface area (Å²) in [5.74, 6) is -1.09. The van der Waals surface area contributed by atoms with Crippen LogP contribution in [0.25, 0.3) is 10.9 Å². The topological polar surface area (TPSA) is 71.3 Å². The van der Waals surface area contributed by atoms with E-state index in [4.69, 9.17) is 5.11 Å². The number of benzene rings is 2. The van der Waals surface area contributed by atoms with E-state index in [0.29, 0.717) is 18.7 Å². The predicted molar refractivity (Wildman–Crippen MR) is 88.6 cm³/mol. The van der Waals surface area contributed by atoms with Gasteiger partial charge in [-0.15, -0.1) is 0 Å². The Labute approximate surface area is 133 Å². The number of nitrogens with one attached hydrogen (secondary N) is 1. The maximum absolute atomic E-state index is 12.0. The molecule has 5 nitrogen and oxygen atoms in total. The number of carbonyl (C=O) groups excluding carboxylic acids is 1. The van der Waals surface area contributed by atoms with Gasteiger partial charge >= 0.3 is 5.97 Å². The molecular weight excluding hydrogens is 292 g/mol. The third-order valence-corrected chi connectivity index (χ3v) is 3.68. The van der Waals surface area contributed by atoms with Crippen molar-refractivity contribution in [3.8, 4) is 0 Å². The second kappa shape index (κ2) is 6.36. The van der Waals surface area contributed by atoms with Crippen molar-refractivity contribution in [2.45, 2.75) is 13.0 Å². The first-order valence-electron chi connectivity index (χ1n) is 7.30. The van der Waals surface area contributed by atoms with Crippen molar-refractivity contribution >= 4 is 28.5 Å². The minimum absolute atomic E-state index is 0.106. The van der Waals surface area contributed by atoms with Crippen LogP contribution in [0.15, 0.2) is 60.8 Å². The van der Waals surface area contributed by atoms with E-state index >= 15 is 0 Å². The molecule has 5 heteroatoms. The van der Waals surface area contributed by atoms with Gasteiger partial charge in [0.15, 0.2) is 0 Å². The van der Waals surface area contributed by atoms with Crippen molar-refractivity contribution in [3.05, 3.63) is 66.4 Å². The molecule has 1 aromatic heterocycles. The number of carbonyl (C=O) groups is 2. The fraction of sp³-hybridized carbons (Fsp3) is 0.111. The zero-order valence-electron chi connectivity index (χ0n) is 12.4. The second-order valence-electron chi connectivity index (χ2n) is 5.25. The molecule has 0 radical (unpaired) electrons. The SMILES string of the molecule is O=C(CCn1ccc2ccccc21)Nc1ccc(C(=O)O)cc1. The van der Waals surface area contributed by atoms with Gasteiger partial charge in [0.1, 0.15) is 0 Å². The number of hydrogen-bond acceptors (Lipinski definition) is 2. The standard InChI is InChI=1S/C18H16N2O3/c21-17(19-15-7-5-14(6-8-15)18(22)23)10-12-20-11-9-13-3-1-2-4-16(13)20/h1-9,11H,10,12H2,(H,19,21)(H,22,23). The van der Waals surface area contributed by atoms with Crippen LogP contribution in [0.1, 0.15) is 16.8 Å². The Morgan fingerprint density at radius 2 is 1.74 bits per heavy atom. The molecule has 116 valence electrons. The lowest BCUT2D eigenvalue weighted by Gasteiger charge is -2.07. The van der Waals surface area contributed by atoms with Crippen LogP contribution in [0.5, 0.6) is 0 Å². The van der Waals surface area contributed by atoms with E-state index in [1.165, 1.54) is 12.1 Å². The monoisotopic (exact) mass is 308 g/mol. The lowest BCUT2D eigenvalue weighted by atomic mass is 10.2. The van der Waals surface area contributed by atoms with Crippen LogP contribution in [-0.2, 0) is 11.3 Å². The van der Waals surface area contributed by atoms with Crippen molar-refractivity contribution in [1.29, 1.82) is 0 Å². The summed E-state index contributed by atoms with van der Waals surface area (Å²) < 4.78 is 2.04. The fourth-order valence-corrected chi connectivity index (χ4v) is 2.48. The van der Waals surface area contributed by atoms with Crippen LogP contribution in [0.2, 0.25) is 0 Å². The number of anilines is 1. The van der Waals surface area contributed by atoms with Gasteiger partial charge < -0.3 is 15.0 Å². The van der Waals surface area contributed by atoms with Crippen molar-refractivity contribution in [1.82, 2.24) is 4.57 Å². The van der Waals surface area contributed by atoms with Gasteiger partial charge in [-0.05, 0) is 41.8 Å². The first-order chi connectivity index (χ1) is 11.1. The molecule has 1 heterocycles. The lowest BCUT2D eigenvalue weighted by molar-refractivity contribution is -0.116. The fourth-order valence-electron chi connectivity index (χ4n) is 2.48. The summed E-state index contributed by atoms with van der Waals surface area (Å²) >= 11 is 0. The molecule has 0 unspecified atom stereocenters. The number of rotatable bonds is 5. The molecular formula is C18H16N2O3. The van der Waals surface area contributed by atoms with Gasteiger partial charge in [-0.25, -0.2) is 4.79 Å². The van der Waals surface area contributed by atoms with Crippen LogP contribution in [0.3, 0.4) is 0 Å². The molecule has 0 spiro atoms. The van der Waals surface area contributed by atoms with Gasteiger partial charge in [-0.3, -0.25) is 4.79 Å². The van der Waals surface area contributed by atoms with E-state index in [2.05, 4.69) is 5.32 Å². The highest BCUT2D eigenvalue weighted by Gasteiger charge is 2.06. The van der Waals surface area contributed by atoms with Crippen molar-refractivity contribution in [3.63, 3.8) is 0 Å². The third-order valence-electron chi connectivity index (χ3n) is 3.68. The number of hydrogen-bond donors (Lipinski definition) is 2. The number of aromatic carboxylic acids is 1. The van der Waals surface area contributed by atoms with Gasteiger partial charge in [0, 0.05) is 30.4 Å². The van der Waals surface area contributed by atoms with Gasteiger partial charge in [-0.2, -0.15) is 0 Å². The zero-order chi connectivity index (χ0) is 16.2. The van der Waals surface area contributed by atoms with E-state index in [1.807, 2.05) is 41.1 Å². The van der Waals surface area contributed by atoms with Crippen molar-refractivity contribution in [2.24, 2.45) is 0 Å². The summed E-state index contributed by atoms with van der Waals surface area (Å²) in [4.78, 5) is 22.8. The maximum Gasteiger partial charge on any atom is 0.335 e. The highest BCUT2D eigenvalue weighted by atomic mass is 16.4. The van der Waals surface area contributed by atoms with Crippen LogP contribution < -0.4 is 5.32 Å². The summed E-state index contributed by atoms with van der Waals surface area (Å²) in [6, 6.07) is 16.2. The van der Waals surface area contributed by atoms with Gasteiger partial charge in [0.25, 0.3) is 0 Å². The average molecular weight is 308 g/mol. The molecule has 0 saturated carbocycles. The zero-order valence-corrected chi connectivity index (χ0v) is 12.4. The van der Waals surface area contributed by atoms with E-state index < -0.39 is 5.97 Å². The van der Waals surface area contributed by atoms with Crippen molar-refractivity contribution < 1.29 is 14.7 Å². The molecule has 2 aromatic carbocycles. The summed E-state index contributed by atoms with van der Waals surface area (Å²) in [5, 5.41) is 12.8. The van der Waals surface area contributed by atoms with Crippen molar-refractivity contribution in [2.75, 3.05) is 5.32 Å². The molecule has 0 aliphatic heterocycles. The predicted octanol–water partition coefficient (Wildman–Crippen LogP) is 3.37. The smallest absolute Gasteiger partial charge is 0.335 e. The van der Waals surface area contributed by atoms with Crippen LogP contribution in [-0.4, -0.2) is 21.6 Å². The summed E-state index contributed by atoms with van der Waals surface area (Å²) in [7, 11) is 0. The van der Waals surface area contributed by atoms with Crippen LogP contribution in [0, 0.1) is 0 Å². The lowest BCUT2D eigenvalue weighted by Crippen LogP contribution is -2.14. The number of carboxylic acids is 1. The Morgan fingerprint density at radius 3 is 2.48 bits per heavy atom. The number of aromatic nitrogens is 1. The number of nitrogens with zero attached hydrogens (tertiary/aromatic N) is 1. The Bertz CT molecular complexity index is 850. The van der Waals surface area contributed by atoms with Gasteiger partial charge in [-0.1, -0.05) is 18.2 Å². The number of para-hydroxylation sites is 1. The number of aryl methyl sites for hydroxylation is 1.